The predicted molar refractivity (Wildman–Crippen MR) is 84.1 cm³/mol. The standard InChI is InChI=1S/C18H15ClO/c19-17-11-10-16(14-8-4-5-9-15(14)17)18(20)12-13-6-2-1-3-7-13/h1-11,18,20H,12H2. The number of fused-ring (bicyclic) bond motifs is 1. The molecule has 0 aliphatic heterocycles. The summed E-state index contributed by atoms with van der Waals surface area (Å²) in [5.41, 5.74) is 2.05. The lowest BCUT2D eigenvalue weighted by Crippen LogP contribution is -2.02. The van der Waals surface area contributed by atoms with Gasteiger partial charge in [-0.2, -0.15) is 0 Å². The smallest absolute Gasteiger partial charge is 0.0836 e. The zero-order valence-corrected chi connectivity index (χ0v) is 11.7. The summed E-state index contributed by atoms with van der Waals surface area (Å²) in [7, 11) is 0. The summed E-state index contributed by atoms with van der Waals surface area (Å²) < 4.78 is 0. The van der Waals surface area contributed by atoms with Gasteiger partial charge in [-0.3, -0.25) is 0 Å². The summed E-state index contributed by atoms with van der Waals surface area (Å²) in [6, 6.07) is 21.7. The number of aliphatic hydroxyl groups excluding tert-OH is 1. The molecule has 3 rings (SSSR count). The molecule has 3 aromatic carbocycles. The minimum atomic E-state index is -0.528. The first-order valence-corrected chi connectivity index (χ1v) is 7.02. The molecule has 0 aliphatic rings. The second-order valence-electron chi connectivity index (χ2n) is 4.89. The Hall–Kier alpha value is -1.83. The monoisotopic (exact) mass is 282 g/mol. The van der Waals surface area contributed by atoms with Gasteiger partial charge in [0.15, 0.2) is 0 Å². The number of hydrogen-bond donors (Lipinski definition) is 1. The molecule has 0 aromatic heterocycles. The molecule has 1 N–H and O–H groups in total. The van der Waals surface area contributed by atoms with Crippen molar-refractivity contribution in [1.82, 2.24) is 0 Å². The Morgan fingerprint density at radius 3 is 2.20 bits per heavy atom. The molecular formula is C18H15ClO. The number of rotatable bonds is 3. The Morgan fingerprint density at radius 1 is 0.800 bits per heavy atom. The zero-order valence-electron chi connectivity index (χ0n) is 11.0. The molecule has 0 heterocycles. The maximum Gasteiger partial charge on any atom is 0.0836 e. The molecule has 0 amide bonds. The van der Waals surface area contributed by atoms with E-state index in [-0.39, 0.29) is 0 Å². The highest BCUT2D eigenvalue weighted by Gasteiger charge is 2.13. The lowest BCUT2D eigenvalue weighted by molar-refractivity contribution is 0.180. The zero-order chi connectivity index (χ0) is 13.9. The van der Waals surface area contributed by atoms with E-state index in [1.54, 1.807) is 0 Å². The van der Waals surface area contributed by atoms with E-state index in [1.807, 2.05) is 66.7 Å². The highest BCUT2D eigenvalue weighted by molar-refractivity contribution is 6.35. The van der Waals surface area contributed by atoms with Crippen LogP contribution < -0.4 is 0 Å². The van der Waals surface area contributed by atoms with Crippen LogP contribution in [-0.4, -0.2) is 5.11 Å². The van der Waals surface area contributed by atoms with E-state index in [9.17, 15) is 5.11 Å². The highest BCUT2D eigenvalue weighted by atomic mass is 35.5. The van der Waals surface area contributed by atoms with Crippen LogP contribution in [0.1, 0.15) is 17.2 Å². The summed E-state index contributed by atoms with van der Waals surface area (Å²) in [5, 5.41) is 13.2. The normalized spacial score (nSPS) is 12.5. The van der Waals surface area contributed by atoms with Crippen LogP contribution in [0, 0.1) is 0 Å². The average molecular weight is 283 g/mol. The van der Waals surface area contributed by atoms with Crippen LogP contribution in [0.15, 0.2) is 66.7 Å². The third kappa shape index (κ3) is 2.55. The molecule has 20 heavy (non-hydrogen) atoms. The summed E-state index contributed by atoms with van der Waals surface area (Å²) >= 11 is 6.21. The van der Waals surface area contributed by atoms with E-state index >= 15 is 0 Å². The average Bonchev–Trinajstić information content (AvgIpc) is 2.49. The van der Waals surface area contributed by atoms with E-state index < -0.39 is 6.10 Å². The molecule has 0 fully saturated rings. The molecule has 2 heteroatoms. The van der Waals surface area contributed by atoms with Crippen LogP contribution in [0.2, 0.25) is 5.02 Å². The molecule has 0 saturated carbocycles. The Labute approximate surface area is 123 Å². The quantitative estimate of drug-likeness (QED) is 0.734. The van der Waals surface area contributed by atoms with Crippen molar-refractivity contribution in [3.05, 3.63) is 82.9 Å². The predicted octanol–water partition coefficient (Wildman–Crippen LogP) is 4.77. The van der Waals surface area contributed by atoms with Crippen molar-refractivity contribution < 1.29 is 5.11 Å². The van der Waals surface area contributed by atoms with Crippen molar-refractivity contribution in [1.29, 1.82) is 0 Å². The first-order chi connectivity index (χ1) is 9.75. The second kappa shape index (κ2) is 5.66. The summed E-state index contributed by atoms with van der Waals surface area (Å²) in [6.07, 6.45) is 0.0755. The minimum absolute atomic E-state index is 0.528. The molecule has 1 nitrogen and oxygen atoms in total. The molecule has 0 saturated heterocycles. The van der Waals surface area contributed by atoms with Crippen molar-refractivity contribution in [3.8, 4) is 0 Å². The van der Waals surface area contributed by atoms with E-state index in [2.05, 4.69) is 0 Å². The van der Waals surface area contributed by atoms with Gasteiger partial charge in [0.05, 0.1) is 6.10 Å². The lowest BCUT2D eigenvalue weighted by Gasteiger charge is -2.14. The van der Waals surface area contributed by atoms with E-state index in [1.165, 1.54) is 0 Å². The van der Waals surface area contributed by atoms with Crippen molar-refractivity contribution in [2.24, 2.45) is 0 Å². The summed E-state index contributed by atoms with van der Waals surface area (Å²) in [6.45, 7) is 0. The van der Waals surface area contributed by atoms with Crippen molar-refractivity contribution in [2.45, 2.75) is 12.5 Å². The van der Waals surface area contributed by atoms with Crippen LogP contribution in [-0.2, 0) is 6.42 Å². The summed E-state index contributed by atoms with van der Waals surface area (Å²) in [4.78, 5) is 0. The Bertz CT molecular complexity index is 722. The molecular weight excluding hydrogens is 268 g/mol. The number of aliphatic hydroxyl groups is 1. The Balaban J connectivity index is 2.00. The van der Waals surface area contributed by atoms with Crippen molar-refractivity contribution >= 4 is 22.4 Å². The van der Waals surface area contributed by atoms with Gasteiger partial charge in [0, 0.05) is 16.8 Å². The minimum Gasteiger partial charge on any atom is -0.388 e. The fourth-order valence-corrected chi connectivity index (χ4v) is 2.75. The van der Waals surface area contributed by atoms with Gasteiger partial charge in [-0.1, -0.05) is 72.3 Å². The molecule has 3 aromatic rings. The number of halogens is 1. The van der Waals surface area contributed by atoms with E-state index in [0.717, 1.165) is 26.9 Å². The van der Waals surface area contributed by atoms with Gasteiger partial charge in [0.1, 0.15) is 0 Å². The van der Waals surface area contributed by atoms with Gasteiger partial charge in [0.25, 0.3) is 0 Å². The van der Waals surface area contributed by atoms with Gasteiger partial charge < -0.3 is 5.11 Å². The van der Waals surface area contributed by atoms with Gasteiger partial charge >= 0.3 is 0 Å². The first kappa shape index (κ1) is 13.2. The van der Waals surface area contributed by atoms with Crippen LogP contribution >= 0.6 is 11.6 Å². The third-order valence-electron chi connectivity index (χ3n) is 3.54. The number of hydrogen-bond acceptors (Lipinski definition) is 1. The molecule has 0 radical (unpaired) electrons. The molecule has 100 valence electrons. The highest BCUT2D eigenvalue weighted by Crippen LogP contribution is 2.31. The lowest BCUT2D eigenvalue weighted by atomic mass is 9.96. The molecule has 0 spiro atoms. The van der Waals surface area contributed by atoms with Crippen molar-refractivity contribution in [2.75, 3.05) is 0 Å². The first-order valence-electron chi connectivity index (χ1n) is 6.65. The maximum atomic E-state index is 10.5. The topological polar surface area (TPSA) is 20.2 Å². The third-order valence-corrected chi connectivity index (χ3v) is 3.87. The van der Waals surface area contributed by atoms with Gasteiger partial charge in [-0.25, -0.2) is 0 Å². The second-order valence-corrected chi connectivity index (χ2v) is 5.29. The Morgan fingerprint density at radius 2 is 1.45 bits per heavy atom. The van der Waals surface area contributed by atoms with E-state index in [0.29, 0.717) is 6.42 Å². The van der Waals surface area contributed by atoms with Crippen molar-refractivity contribution in [3.63, 3.8) is 0 Å². The van der Waals surface area contributed by atoms with Crippen LogP contribution in [0.3, 0.4) is 0 Å². The molecule has 0 aliphatic carbocycles. The van der Waals surface area contributed by atoms with E-state index in [4.69, 9.17) is 11.6 Å². The molecule has 0 bridgehead atoms. The van der Waals surface area contributed by atoms with Gasteiger partial charge in [0.2, 0.25) is 0 Å². The largest absolute Gasteiger partial charge is 0.388 e. The van der Waals surface area contributed by atoms with Gasteiger partial charge in [-0.05, 0) is 22.6 Å². The van der Waals surface area contributed by atoms with Crippen LogP contribution in [0.4, 0.5) is 0 Å². The maximum absolute atomic E-state index is 10.5. The fourth-order valence-electron chi connectivity index (χ4n) is 2.52. The van der Waals surface area contributed by atoms with Gasteiger partial charge in [-0.15, -0.1) is 0 Å². The summed E-state index contributed by atoms with van der Waals surface area (Å²) in [5.74, 6) is 0. The Kier molecular flexibility index (Phi) is 3.72. The number of benzene rings is 3. The van der Waals surface area contributed by atoms with Crippen LogP contribution in [0.5, 0.6) is 0 Å². The SMILES string of the molecule is OC(Cc1ccccc1)c1ccc(Cl)c2ccccc12. The fraction of sp³-hybridized carbons (Fsp3) is 0.111. The molecule has 1 atom stereocenters. The molecule has 1 unspecified atom stereocenters. The van der Waals surface area contributed by atoms with Crippen LogP contribution in [0.25, 0.3) is 10.8 Å².